The lowest BCUT2D eigenvalue weighted by molar-refractivity contribution is -0.117. The number of carbonyl (C=O) groups is 1. The fraction of sp³-hybridized carbons (Fsp3) is 0.300. The molecule has 0 saturated heterocycles. The van der Waals surface area contributed by atoms with Crippen LogP contribution >= 0.6 is 0 Å². The first kappa shape index (κ1) is 8.78. The van der Waals surface area contributed by atoms with Gasteiger partial charge in [-0.2, -0.15) is 0 Å². The van der Waals surface area contributed by atoms with Crippen LogP contribution in [0.25, 0.3) is 6.08 Å². The topological polar surface area (TPSA) is 32.9 Å². The zero-order valence-electron chi connectivity index (χ0n) is 7.37. The van der Waals surface area contributed by atoms with Crippen molar-refractivity contribution in [3.63, 3.8) is 0 Å². The molecule has 0 unspecified atom stereocenters. The average molecular weight is 163 g/mol. The summed E-state index contributed by atoms with van der Waals surface area (Å²) in [6.45, 7) is 3.79. The van der Waals surface area contributed by atoms with Crippen LogP contribution in [0.4, 0.5) is 0 Å². The first-order valence-electron chi connectivity index (χ1n) is 4.05. The molecule has 0 aliphatic heterocycles. The molecular formula is C10H13NO. The quantitative estimate of drug-likeness (QED) is 0.681. The monoisotopic (exact) mass is 163 g/mol. The van der Waals surface area contributed by atoms with Crippen molar-refractivity contribution < 1.29 is 4.79 Å². The van der Waals surface area contributed by atoms with E-state index in [9.17, 15) is 4.79 Å². The zero-order chi connectivity index (χ0) is 8.97. The molecule has 0 radical (unpaired) electrons. The Kier molecular flexibility index (Phi) is 2.86. The number of hydrogen-bond donors (Lipinski definition) is 1. The number of aromatic amines is 1. The predicted molar refractivity (Wildman–Crippen MR) is 49.7 cm³/mol. The van der Waals surface area contributed by atoms with Gasteiger partial charge in [-0.3, -0.25) is 4.79 Å². The molecule has 0 fully saturated rings. The van der Waals surface area contributed by atoms with E-state index in [1.165, 1.54) is 0 Å². The Morgan fingerprint density at radius 1 is 1.58 bits per heavy atom. The molecule has 0 aromatic carbocycles. The van der Waals surface area contributed by atoms with Crippen LogP contribution < -0.4 is 0 Å². The molecule has 2 heteroatoms. The molecule has 12 heavy (non-hydrogen) atoms. The summed E-state index contributed by atoms with van der Waals surface area (Å²) in [6.07, 6.45) is 7.12. The normalized spacial score (nSPS) is 11.2. The van der Waals surface area contributed by atoms with Gasteiger partial charge in [0.25, 0.3) is 0 Å². The summed E-state index contributed by atoms with van der Waals surface area (Å²) < 4.78 is 0. The molecule has 1 N–H and O–H groups in total. The molecule has 64 valence electrons. The second-order valence-electron chi connectivity index (χ2n) is 3.03. The van der Waals surface area contributed by atoms with Crippen LogP contribution in [0.15, 0.2) is 24.5 Å². The van der Waals surface area contributed by atoms with Gasteiger partial charge in [-0.25, -0.2) is 0 Å². The van der Waals surface area contributed by atoms with E-state index in [1.807, 2.05) is 38.4 Å². The summed E-state index contributed by atoms with van der Waals surface area (Å²) in [5.74, 6) is 0.247. The summed E-state index contributed by atoms with van der Waals surface area (Å²) in [7, 11) is 0. The van der Waals surface area contributed by atoms with E-state index in [1.54, 1.807) is 6.08 Å². The Balaban J connectivity index is 2.57. The Hall–Kier alpha value is -1.31. The third-order valence-corrected chi connectivity index (χ3v) is 1.63. The maximum Gasteiger partial charge on any atom is 0.158 e. The predicted octanol–water partition coefficient (Wildman–Crippen LogP) is 2.25. The van der Waals surface area contributed by atoms with E-state index in [2.05, 4.69) is 4.98 Å². The molecule has 2 nitrogen and oxygen atoms in total. The van der Waals surface area contributed by atoms with Crippen molar-refractivity contribution in [1.82, 2.24) is 4.98 Å². The Morgan fingerprint density at radius 2 is 2.33 bits per heavy atom. The second-order valence-corrected chi connectivity index (χ2v) is 3.03. The standard InChI is InChI=1S/C10H13NO/c1-8(2)10(12)4-3-9-5-6-11-7-9/h3-8,11H,1-2H3. The molecular weight excluding hydrogens is 150 g/mol. The average Bonchev–Trinajstić information content (AvgIpc) is 2.51. The minimum absolute atomic E-state index is 0.0835. The van der Waals surface area contributed by atoms with Gasteiger partial charge in [0.15, 0.2) is 5.78 Å². The van der Waals surface area contributed by atoms with Gasteiger partial charge >= 0.3 is 0 Å². The molecule has 1 aromatic rings. The molecule has 0 saturated carbocycles. The highest BCUT2D eigenvalue weighted by atomic mass is 16.1. The number of hydrogen-bond acceptors (Lipinski definition) is 1. The Bertz CT molecular complexity index is 270. The smallest absolute Gasteiger partial charge is 0.158 e. The summed E-state index contributed by atoms with van der Waals surface area (Å²) in [4.78, 5) is 14.1. The van der Waals surface area contributed by atoms with Crippen molar-refractivity contribution in [2.75, 3.05) is 0 Å². The molecule has 0 aliphatic rings. The van der Waals surface area contributed by atoms with E-state index >= 15 is 0 Å². The maximum absolute atomic E-state index is 11.1. The fourth-order valence-electron chi connectivity index (χ4n) is 0.811. The van der Waals surface area contributed by atoms with Crippen LogP contribution in [-0.2, 0) is 4.79 Å². The Morgan fingerprint density at radius 3 is 2.83 bits per heavy atom. The summed E-state index contributed by atoms with van der Waals surface area (Å²) in [5, 5.41) is 0. The number of H-pyrrole nitrogens is 1. The number of nitrogens with one attached hydrogen (secondary N) is 1. The molecule has 0 atom stereocenters. The fourth-order valence-corrected chi connectivity index (χ4v) is 0.811. The third kappa shape index (κ3) is 2.38. The van der Waals surface area contributed by atoms with Crippen LogP contribution in [0.1, 0.15) is 19.4 Å². The van der Waals surface area contributed by atoms with Gasteiger partial charge in [-0.1, -0.05) is 13.8 Å². The Labute approximate surface area is 72.3 Å². The number of allylic oxidation sites excluding steroid dienone is 1. The minimum Gasteiger partial charge on any atom is -0.367 e. The largest absolute Gasteiger partial charge is 0.367 e. The second kappa shape index (κ2) is 3.90. The highest BCUT2D eigenvalue weighted by molar-refractivity contribution is 5.94. The van der Waals surface area contributed by atoms with Crippen LogP contribution in [0.5, 0.6) is 0 Å². The summed E-state index contributed by atoms with van der Waals surface area (Å²) in [6, 6.07) is 1.92. The van der Waals surface area contributed by atoms with Crippen molar-refractivity contribution in [1.29, 1.82) is 0 Å². The van der Waals surface area contributed by atoms with Crippen molar-refractivity contribution in [3.05, 3.63) is 30.1 Å². The number of rotatable bonds is 3. The van der Waals surface area contributed by atoms with Gasteiger partial charge < -0.3 is 4.98 Å². The lowest BCUT2D eigenvalue weighted by atomic mass is 10.1. The number of ketones is 1. The van der Waals surface area contributed by atoms with Crippen LogP contribution in [0.3, 0.4) is 0 Å². The van der Waals surface area contributed by atoms with Gasteiger partial charge in [-0.15, -0.1) is 0 Å². The molecule has 1 heterocycles. The zero-order valence-corrected chi connectivity index (χ0v) is 7.37. The van der Waals surface area contributed by atoms with Crippen molar-refractivity contribution in [2.24, 2.45) is 5.92 Å². The minimum atomic E-state index is 0.0835. The highest BCUT2D eigenvalue weighted by Gasteiger charge is 2.00. The van der Waals surface area contributed by atoms with Gasteiger partial charge in [0, 0.05) is 18.3 Å². The summed E-state index contributed by atoms with van der Waals surface area (Å²) in [5.41, 5.74) is 1.03. The van der Waals surface area contributed by atoms with Crippen molar-refractivity contribution in [2.45, 2.75) is 13.8 Å². The van der Waals surface area contributed by atoms with E-state index in [4.69, 9.17) is 0 Å². The van der Waals surface area contributed by atoms with Gasteiger partial charge in [0.1, 0.15) is 0 Å². The molecule has 0 amide bonds. The van der Waals surface area contributed by atoms with Crippen molar-refractivity contribution >= 4 is 11.9 Å². The third-order valence-electron chi connectivity index (χ3n) is 1.63. The lowest BCUT2D eigenvalue weighted by Gasteiger charge is -1.95. The van der Waals surface area contributed by atoms with Gasteiger partial charge in [0.2, 0.25) is 0 Å². The first-order chi connectivity index (χ1) is 5.70. The van der Waals surface area contributed by atoms with E-state index in [0.29, 0.717) is 0 Å². The first-order valence-corrected chi connectivity index (χ1v) is 4.05. The van der Waals surface area contributed by atoms with Crippen LogP contribution in [0.2, 0.25) is 0 Å². The van der Waals surface area contributed by atoms with Gasteiger partial charge in [0.05, 0.1) is 0 Å². The highest BCUT2D eigenvalue weighted by Crippen LogP contribution is 2.02. The molecule has 0 aliphatic carbocycles. The van der Waals surface area contributed by atoms with Crippen LogP contribution in [-0.4, -0.2) is 10.8 Å². The van der Waals surface area contributed by atoms with E-state index < -0.39 is 0 Å². The maximum atomic E-state index is 11.1. The number of carbonyl (C=O) groups excluding carboxylic acids is 1. The molecule has 1 rings (SSSR count). The van der Waals surface area contributed by atoms with E-state index in [0.717, 1.165) is 5.56 Å². The number of aromatic nitrogens is 1. The van der Waals surface area contributed by atoms with E-state index in [-0.39, 0.29) is 11.7 Å². The lowest BCUT2D eigenvalue weighted by Crippen LogP contribution is -2.01. The summed E-state index contributed by atoms with van der Waals surface area (Å²) >= 11 is 0. The molecule has 0 bridgehead atoms. The molecule has 0 spiro atoms. The van der Waals surface area contributed by atoms with Gasteiger partial charge in [-0.05, 0) is 23.8 Å². The SMILES string of the molecule is CC(C)C(=O)C=Cc1cc[nH]c1. The van der Waals surface area contributed by atoms with Crippen molar-refractivity contribution in [3.8, 4) is 0 Å². The van der Waals surface area contributed by atoms with Crippen LogP contribution in [0, 0.1) is 5.92 Å². The molecule has 1 aromatic heterocycles.